The largest absolute Gasteiger partial charge is 0.394 e. The van der Waals surface area contributed by atoms with Crippen molar-refractivity contribution in [1.29, 1.82) is 5.26 Å². The van der Waals surface area contributed by atoms with Crippen LogP contribution in [0, 0.1) is 32.1 Å². The van der Waals surface area contributed by atoms with E-state index in [1.165, 1.54) is 0 Å². The van der Waals surface area contributed by atoms with E-state index in [1.807, 2.05) is 60.0 Å². The number of amides is 1. The summed E-state index contributed by atoms with van der Waals surface area (Å²) in [6, 6.07) is 15.5. The van der Waals surface area contributed by atoms with Gasteiger partial charge in [0.25, 0.3) is 5.91 Å². The maximum atomic E-state index is 13.9. The van der Waals surface area contributed by atoms with Gasteiger partial charge in [0.2, 0.25) is 0 Å². The number of hydrogen-bond donors (Lipinski definition) is 2. The highest BCUT2D eigenvalue weighted by molar-refractivity contribution is 5.99. The highest BCUT2D eigenvalue weighted by atomic mass is 16.3. The number of aromatic nitrogens is 2. The zero-order valence-electron chi connectivity index (χ0n) is 23.3. The molecule has 1 amide bonds. The van der Waals surface area contributed by atoms with Gasteiger partial charge in [-0.1, -0.05) is 18.2 Å². The van der Waals surface area contributed by atoms with E-state index in [0.717, 1.165) is 54.2 Å². The van der Waals surface area contributed by atoms with Gasteiger partial charge in [-0.25, -0.2) is 5.01 Å². The third-order valence-electron chi connectivity index (χ3n) is 7.93. The molecule has 0 radical (unpaired) electrons. The number of nitrogens with one attached hydrogen (secondary N) is 1. The van der Waals surface area contributed by atoms with E-state index in [-0.39, 0.29) is 18.6 Å². The van der Waals surface area contributed by atoms with Gasteiger partial charge in [-0.2, -0.15) is 10.4 Å². The molecule has 40 heavy (non-hydrogen) atoms. The lowest BCUT2D eigenvalue weighted by atomic mass is 9.95. The normalized spacial score (nSPS) is 18.0. The summed E-state index contributed by atoms with van der Waals surface area (Å²) in [7, 11) is 0. The van der Waals surface area contributed by atoms with Gasteiger partial charge in [-0.3, -0.25) is 4.79 Å². The number of carbonyl (C=O) groups excluding carboxylic acids is 1. The topological polar surface area (TPSA) is 112 Å². The van der Waals surface area contributed by atoms with Gasteiger partial charge >= 0.3 is 0 Å². The lowest BCUT2D eigenvalue weighted by Crippen LogP contribution is -2.56. The van der Waals surface area contributed by atoms with Gasteiger partial charge in [0.05, 0.1) is 29.6 Å². The minimum Gasteiger partial charge on any atom is -0.394 e. The van der Waals surface area contributed by atoms with Crippen LogP contribution in [-0.4, -0.2) is 89.6 Å². The Morgan fingerprint density at radius 1 is 1.05 bits per heavy atom. The van der Waals surface area contributed by atoms with Crippen LogP contribution in [0.25, 0.3) is 0 Å². The van der Waals surface area contributed by atoms with E-state index in [2.05, 4.69) is 44.6 Å². The molecule has 2 fully saturated rings. The zero-order valence-corrected chi connectivity index (χ0v) is 23.3. The Kier molecular flexibility index (Phi) is 8.14. The molecule has 5 rings (SSSR count). The van der Waals surface area contributed by atoms with Crippen LogP contribution < -0.4 is 15.2 Å². The summed E-state index contributed by atoms with van der Waals surface area (Å²) in [5.41, 5.74) is 9.89. The third kappa shape index (κ3) is 5.43. The molecule has 2 aliphatic rings. The summed E-state index contributed by atoms with van der Waals surface area (Å²) in [6.07, 6.45) is 1.62. The fourth-order valence-electron chi connectivity index (χ4n) is 5.85. The van der Waals surface area contributed by atoms with Crippen LogP contribution in [0.1, 0.15) is 32.6 Å². The van der Waals surface area contributed by atoms with Crippen LogP contribution in [0.15, 0.2) is 48.7 Å². The molecule has 0 spiro atoms. The Morgan fingerprint density at radius 2 is 1.82 bits per heavy atom. The van der Waals surface area contributed by atoms with Gasteiger partial charge in [0, 0.05) is 57.6 Å². The quantitative estimate of drug-likeness (QED) is 0.487. The monoisotopic (exact) mass is 540 g/mol. The van der Waals surface area contributed by atoms with Crippen molar-refractivity contribution in [3.8, 4) is 6.07 Å². The molecule has 208 valence electrons. The Balaban J connectivity index is 1.30. The van der Waals surface area contributed by atoms with Gasteiger partial charge in [-0.05, 0) is 61.7 Å². The SMILES string of the molecule is Cc1cc(C)c(C(=O)N2CCN(c3cccnn3)[C@H](CO)C2)c(C)c1NN1CCN(c2ccccc2C#N)CC1. The van der Waals surface area contributed by atoms with Crippen molar-refractivity contribution in [1.82, 2.24) is 20.1 Å². The van der Waals surface area contributed by atoms with Crippen molar-refractivity contribution in [2.45, 2.75) is 26.8 Å². The van der Waals surface area contributed by atoms with Crippen LogP contribution in [-0.2, 0) is 0 Å². The van der Waals surface area contributed by atoms with Crippen molar-refractivity contribution >= 4 is 23.1 Å². The summed E-state index contributed by atoms with van der Waals surface area (Å²) in [4.78, 5) is 20.0. The number of para-hydroxylation sites is 1. The van der Waals surface area contributed by atoms with E-state index in [1.54, 1.807) is 6.20 Å². The molecular formula is C30H36N8O2. The fourth-order valence-corrected chi connectivity index (χ4v) is 5.85. The number of aliphatic hydroxyl groups is 1. The minimum atomic E-state index is -0.250. The second kappa shape index (κ2) is 11.9. The number of nitriles is 1. The molecule has 1 aromatic heterocycles. The molecule has 0 aliphatic carbocycles. The number of aryl methyl sites for hydroxylation is 2. The number of aliphatic hydroxyl groups excluding tert-OH is 1. The van der Waals surface area contributed by atoms with Crippen LogP contribution in [0.3, 0.4) is 0 Å². The first-order valence-corrected chi connectivity index (χ1v) is 13.7. The minimum absolute atomic E-state index is 0.0202. The lowest BCUT2D eigenvalue weighted by molar-refractivity contribution is 0.0697. The number of piperazine rings is 2. The van der Waals surface area contributed by atoms with Crippen molar-refractivity contribution < 1.29 is 9.90 Å². The van der Waals surface area contributed by atoms with Gasteiger partial charge < -0.3 is 25.2 Å². The zero-order chi connectivity index (χ0) is 28.2. The van der Waals surface area contributed by atoms with Gasteiger partial charge in [0.15, 0.2) is 5.82 Å². The average molecular weight is 541 g/mol. The van der Waals surface area contributed by atoms with E-state index in [4.69, 9.17) is 0 Å². The molecule has 0 bridgehead atoms. The number of carbonyl (C=O) groups is 1. The predicted molar refractivity (Wildman–Crippen MR) is 155 cm³/mol. The number of benzene rings is 2. The summed E-state index contributed by atoms with van der Waals surface area (Å²) in [5.74, 6) is 0.687. The first-order valence-electron chi connectivity index (χ1n) is 13.7. The number of rotatable bonds is 6. The summed E-state index contributed by atoms with van der Waals surface area (Å²) in [6.45, 7) is 10.6. The maximum absolute atomic E-state index is 13.9. The van der Waals surface area contributed by atoms with Crippen LogP contribution >= 0.6 is 0 Å². The summed E-state index contributed by atoms with van der Waals surface area (Å²) in [5, 5.41) is 30.0. The predicted octanol–water partition coefficient (Wildman–Crippen LogP) is 2.75. The van der Waals surface area contributed by atoms with E-state index in [0.29, 0.717) is 36.6 Å². The lowest BCUT2D eigenvalue weighted by Gasteiger charge is -2.41. The van der Waals surface area contributed by atoms with Crippen molar-refractivity contribution in [3.05, 3.63) is 76.5 Å². The molecule has 0 saturated carbocycles. The number of hydrazine groups is 1. The van der Waals surface area contributed by atoms with Crippen molar-refractivity contribution in [3.63, 3.8) is 0 Å². The van der Waals surface area contributed by atoms with E-state index < -0.39 is 0 Å². The average Bonchev–Trinajstić information content (AvgIpc) is 2.99. The Bertz CT molecular complexity index is 1400. The van der Waals surface area contributed by atoms with Gasteiger partial charge in [0.1, 0.15) is 6.07 Å². The van der Waals surface area contributed by atoms with Crippen molar-refractivity contribution in [2.24, 2.45) is 0 Å². The molecule has 10 nitrogen and oxygen atoms in total. The van der Waals surface area contributed by atoms with E-state index >= 15 is 0 Å². The van der Waals surface area contributed by atoms with Gasteiger partial charge in [-0.15, -0.1) is 5.10 Å². The molecule has 3 aromatic rings. The van der Waals surface area contributed by atoms with Crippen LogP contribution in [0.5, 0.6) is 0 Å². The first kappa shape index (κ1) is 27.4. The molecule has 2 saturated heterocycles. The summed E-state index contributed by atoms with van der Waals surface area (Å²) < 4.78 is 0. The first-order chi connectivity index (χ1) is 19.4. The maximum Gasteiger partial charge on any atom is 0.254 e. The molecule has 1 atom stereocenters. The Morgan fingerprint density at radius 3 is 2.52 bits per heavy atom. The van der Waals surface area contributed by atoms with Crippen LogP contribution in [0.4, 0.5) is 17.2 Å². The van der Waals surface area contributed by atoms with Crippen LogP contribution in [0.2, 0.25) is 0 Å². The van der Waals surface area contributed by atoms with Crippen molar-refractivity contribution in [2.75, 3.05) is 67.6 Å². The second-order valence-corrected chi connectivity index (χ2v) is 10.5. The molecule has 2 aromatic carbocycles. The van der Waals surface area contributed by atoms with E-state index in [9.17, 15) is 15.2 Å². The third-order valence-corrected chi connectivity index (χ3v) is 7.93. The smallest absolute Gasteiger partial charge is 0.254 e. The summed E-state index contributed by atoms with van der Waals surface area (Å²) >= 11 is 0. The highest BCUT2D eigenvalue weighted by Crippen LogP contribution is 2.30. The number of nitrogens with zero attached hydrogens (tertiary/aromatic N) is 7. The number of hydrogen-bond acceptors (Lipinski definition) is 9. The standard InChI is InChI=1S/C30H36N8O2/c1-21-17-22(2)29(34-37-14-11-35(12-15-37)26-8-5-4-7-24(26)18-31)23(3)28(21)30(40)36-13-16-38(25(19-36)20-39)27-9-6-10-32-33-27/h4-10,17,25,34,39H,11-16,19-20H2,1-3H3/t25-/m0/s1. The Hall–Kier alpha value is -4.20. The molecule has 3 heterocycles. The number of anilines is 3. The molecule has 2 N–H and O–H groups in total. The molecular weight excluding hydrogens is 504 g/mol. The second-order valence-electron chi connectivity index (χ2n) is 10.5. The highest BCUT2D eigenvalue weighted by Gasteiger charge is 2.32. The Labute approximate surface area is 235 Å². The molecule has 0 unspecified atom stereocenters. The fraction of sp³-hybridized carbons (Fsp3) is 0.400. The molecule has 2 aliphatic heterocycles. The molecule has 10 heteroatoms.